The molecule has 0 saturated carbocycles. The van der Waals surface area contributed by atoms with Crippen molar-refractivity contribution in [3.8, 4) is 0 Å². The van der Waals surface area contributed by atoms with E-state index >= 15 is 0 Å². The molecule has 2 saturated heterocycles. The van der Waals surface area contributed by atoms with Crippen LogP contribution in [0.4, 0.5) is 4.79 Å². The molecule has 0 spiro atoms. The molecule has 3 heterocycles. The fourth-order valence-corrected chi connectivity index (χ4v) is 3.12. The Balaban J connectivity index is 2.05. The summed E-state index contributed by atoms with van der Waals surface area (Å²) in [5.41, 5.74) is 0. The summed E-state index contributed by atoms with van der Waals surface area (Å²) in [5.74, 6) is 0.0956. The van der Waals surface area contributed by atoms with Gasteiger partial charge in [-0.05, 0) is 12.8 Å². The highest BCUT2D eigenvalue weighted by molar-refractivity contribution is 6.25. The molecule has 0 aromatic rings. The van der Waals surface area contributed by atoms with E-state index in [1.807, 2.05) is 4.58 Å². The first kappa shape index (κ1) is 15.4. The smallest absolute Gasteiger partial charge is 0.392 e. The first-order valence-corrected chi connectivity index (χ1v) is 7.55. The molecule has 3 rings (SSSR count). The lowest BCUT2D eigenvalue weighted by molar-refractivity contribution is -0.511. The van der Waals surface area contributed by atoms with Crippen LogP contribution in [0.25, 0.3) is 0 Å². The standard InChI is InChI=1S/C14H20N5O4/c1-16-11-10(12(21)17(2)14(16)22)19(8-9(20)23-3)13(15-11)18-6-4-5-7-18/h10H,4-8H2,1-3H3/q+1. The Bertz CT molecular complexity index is 633. The molecule has 9 nitrogen and oxygen atoms in total. The van der Waals surface area contributed by atoms with E-state index in [-0.39, 0.29) is 12.5 Å². The normalized spacial score (nSPS) is 24.4. The molecule has 0 N–H and O–H groups in total. The number of hydrogen-bond donors (Lipinski definition) is 0. The highest BCUT2D eigenvalue weighted by Gasteiger charge is 2.55. The van der Waals surface area contributed by atoms with E-state index in [2.05, 4.69) is 4.99 Å². The number of hydrogen-bond acceptors (Lipinski definition) is 4. The molecule has 0 bridgehead atoms. The molecule has 2 fully saturated rings. The number of likely N-dealkylation sites (N-methyl/N-ethyl adjacent to an activating group) is 2. The van der Waals surface area contributed by atoms with Crippen LogP contribution in [0.3, 0.4) is 0 Å². The van der Waals surface area contributed by atoms with Gasteiger partial charge in [0, 0.05) is 14.1 Å². The Hall–Kier alpha value is -2.45. The third-order valence-electron chi connectivity index (χ3n) is 4.43. The average molecular weight is 322 g/mol. The second kappa shape index (κ2) is 5.64. The van der Waals surface area contributed by atoms with Gasteiger partial charge in [0.05, 0.1) is 20.2 Å². The Morgan fingerprint density at radius 1 is 1.26 bits per heavy atom. The summed E-state index contributed by atoms with van der Waals surface area (Å²) in [4.78, 5) is 45.0. The first-order chi connectivity index (χ1) is 11.0. The van der Waals surface area contributed by atoms with E-state index in [0.29, 0.717) is 11.8 Å². The summed E-state index contributed by atoms with van der Waals surface area (Å²) in [6.07, 6.45) is 2.07. The number of fused-ring (bicyclic) bond motifs is 1. The van der Waals surface area contributed by atoms with Gasteiger partial charge in [-0.15, -0.1) is 0 Å². The van der Waals surface area contributed by atoms with E-state index in [4.69, 9.17) is 4.74 Å². The van der Waals surface area contributed by atoms with Gasteiger partial charge in [0.25, 0.3) is 5.91 Å². The quantitative estimate of drug-likeness (QED) is 0.477. The van der Waals surface area contributed by atoms with Crippen molar-refractivity contribution < 1.29 is 23.7 Å². The van der Waals surface area contributed by atoms with Gasteiger partial charge < -0.3 is 4.74 Å². The molecular formula is C14H20N5O4+. The third kappa shape index (κ3) is 2.36. The predicted molar refractivity (Wildman–Crippen MR) is 80.1 cm³/mol. The van der Waals surface area contributed by atoms with Crippen LogP contribution in [-0.2, 0) is 14.3 Å². The molecule has 0 aromatic heterocycles. The number of amidine groups is 1. The zero-order valence-corrected chi connectivity index (χ0v) is 13.5. The summed E-state index contributed by atoms with van der Waals surface area (Å²) in [5, 5.41) is 0. The molecule has 23 heavy (non-hydrogen) atoms. The fraction of sp³-hybridized carbons (Fsp3) is 0.643. The molecule has 3 aliphatic rings. The van der Waals surface area contributed by atoms with Crippen molar-refractivity contribution in [2.75, 3.05) is 40.8 Å². The number of aliphatic imine (C=N–C) groups is 1. The second-order valence-corrected chi connectivity index (χ2v) is 5.81. The molecule has 124 valence electrons. The number of urea groups is 1. The van der Waals surface area contributed by atoms with E-state index in [1.165, 1.54) is 19.1 Å². The maximum absolute atomic E-state index is 12.6. The van der Waals surface area contributed by atoms with Crippen LogP contribution in [0.2, 0.25) is 0 Å². The Morgan fingerprint density at radius 3 is 2.52 bits per heavy atom. The van der Waals surface area contributed by atoms with Crippen LogP contribution in [0.1, 0.15) is 12.8 Å². The number of rotatable bonds is 2. The average Bonchev–Trinajstić information content (AvgIpc) is 3.18. The number of esters is 1. The van der Waals surface area contributed by atoms with Crippen molar-refractivity contribution in [2.24, 2.45) is 4.99 Å². The van der Waals surface area contributed by atoms with Gasteiger partial charge >= 0.3 is 18.0 Å². The molecule has 0 aromatic carbocycles. The highest BCUT2D eigenvalue weighted by atomic mass is 16.5. The zero-order chi connectivity index (χ0) is 16.7. The van der Waals surface area contributed by atoms with Gasteiger partial charge in [-0.1, -0.05) is 4.99 Å². The van der Waals surface area contributed by atoms with Crippen molar-refractivity contribution in [3.05, 3.63) is 0 Å². The van der Waals surface area contributed by atoms with Gasteiger partial charge in [0.1, 0.15) is 0 Å². The van der Waals surface area contributed by atoms with Crippen molar-refractivity contribution in [1.29, 1.82) is 0 Å². The first-order valence-electron chi connectivity index (χ1n) is 7.55. The van der Waals surface area contributed by atoms with Gasteiger partial charge in [-0.25, -0.2) is 14.5 Å². The zero-order valence-electron chi connectivity index (χ0n) is 13.5. The van der Waals surface area contributed by atoms with Gasteiger partial charge in [0.2, 0.25) is 11.9 Å². The summed E-state index contributed by atoms with van der Waals surface area (Å²) in [7, 11) is 4.32. The van der Waals surface area contributed by atoms with E-state index in [9.17, 15) is 14.4 Å². The minimum Gasteiger partial charge on any atom is -0.467 e. The van der Waals surface area contributed by atoms with Crippen molar-refractivity contribution >= 4 is 29.7 Å². The molecule has 0 radical (unpaired) electrons. The van der Waals surface area contributed by atoms with Gasteiger partial charge in [-0.3, -0.25) is 19.2 Å². The van der Waals surface area contributed by atoms with E-state index < -0.39 is 18.0 Å². The third-order valence-corrected chi connectivity index (χ3v) is 4.43. The summed E-state index contributed by atoms with van der Waals surface area (Å²) in [6.45, 7) is 1.55. The molecular weight excluding hydrogens is 302 g/mol. The number of methoxy groups -OCH3 is 1. The predicted octanol–water partition coefficient (Wildman–Crippen LogP) is -1.07. The van der Waals surface area contributed by atoms with Crippen LogP contribution in [0.5, 0.6) is 0 Å². The number of amides is 3. The van der Waals surface area contributed by atoms with Crippen LogP contribution >= 0.6 is 0 Å². The minimum absolute atomic E-state index is 0.0817. The van der Waals surface area contributed by atoms with Crippen LogP contribution in [-0.4, -0.2) is 95.9 Å². The number of carbonyl (C=O) groups excluding carboxylic acids is 3. The fourth-order valence-electron chi connectivity index (χ4n) is 3.12. The molecule has 1 atom stereocenters. The van der Waals surface area contributed by atoms with Crippen molar-refractivity contribution in [1.82, 2.24) is 14.7 Å². The van der Waals surface area contributed by atoms with E-state index in [1.54, 1.807) is 11.9 Å². The Kier molecular flexibility index (Phi) is 3.78. The summed E-state index contributed by atoms with van der Waals surface area (Å²) < 4.78 is 6.79. The Labute approximate surface area is 133 Å². The monoisotopic (exact) mass is 322 g/mol. The highest BCUT2D eigenvalue weighted by Crippen LogP contribution is 2.23. The van der Waals surface area contributed by atoms with Crippen molar-refractivity contribution in [3.63, 3.8) is 0 Å². The number of imide groups is 1. The van der Waals surface area contributed by atoms with Crippen LogP contribution in [0, 0.1) is 0 Å². The van der Waals surface area contributed by atoms with Crippen molar-refractivity contribution in [2.45, 2.75) is 18.9 Å². The Morgan fingerprint density at radius 2 is 1.91 bits per heavy atom. The topological polar surface area (TPSA) is 85.5 Å². The van der Waals surface area contributed by atoms with Crippen LogP contribution < -0.4 is 0 Å². The molecule has 0 aliphatic carbocycles. The molecule has 9 heteroatoms. The van der Waals surface area contributed by atoms with E-state index in [0.717, 1.165) is 30.8 Å². The maximum Gasteiger partial charge on any atom is 0.392 e. The summed E-state index contributed by atoms with van der Waals surface area (Å²) in [6, 6.07) is -1.19. The lowest BCUT2D eigenvalue weighted by Crippen LogP contribution is -2.63. The lowest BCUT2D eigenvalue weighted by atomic mass is 10.1. The largest absolute Gasteiger partial charge is 0.467 e. The summed E-state index contributed by atoms with van der Waals surface area (Å²) >= 11 is 0. The second-order valence-electron chi connectivity index (χ2n) is 5.81. The maximum atomic E-state index is 12.6. The number of carbonyl (C=O) groups is 3. The molecule has 1 unspecified atom stereocenters. The number of ether oxygens (including phenoxy) is 1. The van der Waals surface area contributed by atoms with Gasteiger partial charge in [-0.2, -0.15) is 0 Å². The minimum atomic E-state index is -0.766. The van der Waals surface area contributed by atoms with Crippen LogP contribution in [0.15, 0.2) is 4.99 Å². The molecule has 3 amide bonds. The lowest BCUT2D eigenvalue weighted by Gasteiger charge is -2.32. The SMILES string of the molecule is COC(=O)CN1C(=[N+]2CCCC2)N=C2C1C(=O)N(C)C(=O)N2C. The number of guanidine groups is 1. The number of nitrogens with zero attached hydrogens (tertiary/aromatic N) is 5. The van der Waals surface area contributed by atoms with Gasteiger partial charge in [0.15, 0.2) is 6.54 Å². The molecule has 3 aliphatic heterocycles.